The minimum atomic E-state index is -0.307. The van der Waals surface area contributed by atoms with Gasteiger partial charge in [0, 0.05) is 17.5 Å². The first-order valence-electron chi connectivity index (χ1n) is 9.89. The third-order valence-corrected chi connectivity index (χ3v) is 5.55. The number of benzene rings is 2. The van der Waals surface area contributed by atoms with Gasteiger partial charge in [-0.25, -0.2) is 0 Å². The summed E-state index contributed by atoms with van der Waals surface area (Å²) in [6.45, 7) is 3.32. The Morgan fingerprint density at radius 1 is 1.03 bits per heavy atom. The van der Waals surface area contributed by atoms with Gasteiger partial charge in [-0.3, -0.25) is 14.5 Å². The molecule has 3 rings (SSSR count). The Morgan fingerprint density at radius 2 is 1.72 bits per heavy atom. The Hall–Kier alpha value is -2.86. The van der Waals surface area contributed by atoms with E-state index in [4.69, 9.17) is 9.47 Å². The van der Waals surface area contributed by atoms with Crippen molar-refractivity contribution in [1.29, 1.82) is 0 Å². The van der Waals surface area contributed by atoms with E-state index >= 15 is 0 Å². The molecule has 1 amide bonds. The highest BCUT2D eigenvalue weighted by Gasteiger charge is 2.30. The molecule has 2 aromatic carbocycles. The van der Waals surface area contributed by atoms with Gasteiger partial charge >= 0.3 is 0 Å². The summed E-state index contributed by atoms with van der Waals surface area (Å²) in [5, 5.41) is 2.94. The van der Waals surface area contributed by atoms with E-state index in [0.717, 1.165) is 18.4 Å². The van der Waals surface area contributed by atoms with Crippen LogP contribution in [0.15, 0.2) is 48.5 Å². The van der Waals surface area contributed by atoms with Crippen LogP contribution in [-0.4, -0.2) is 49.9 Å². The van der Waals surface area contributed by atoms with Crippen molar-refractivity contribution in [2.45, 2.75) is 25.8 Å². The maximum atomic E-state index is 12.8. The van der Waals surface area contributed by atoms with E-state index in [1.165, 1.54) is 0 Å². The van der Waals surface area contributed by atoms with Crippen molar-refractivity contribution in [3.05, 3.63) is 54.1 Å². The van der Waals surface area contributed by atoms with Crippen LogP contribution in [0.3, 0.4) is 0 Å². The van der Waals surface area contributed by atoms with Crippen LogP contribution in [0.4, 0.5) is 5.69 Å². The highest BCUT2D eigenvalue weighted by atomic mass is 16.5. The number of carbonyl (C=O) groups excluding carboxylic acids is 2. The number of ether oxygens (including phenoxy) is 2. The molecule has 0 aromatic heterocycles. The molecule has 0 saturated carbocycles. The number of rotatable bonds is 7. The van der Waals surface area contributed by atoms with Gasteiger partial charge in [0.1, 0.15) is 11.5 Å². The number of nitrogens with zero attached hydrogens (tertiary/aromatic N) is 1. The van der Waals surface area contributed by atoms with Gasteiger partial charge in [-0.2, -0.15) is 0 Å². The Kier molecular flexibility index (Phi) is 6.88. The van der Waals surface area contributed by atoms with Crippen molar-refractivity contribution in [2.24, 2.45) is 5.92 Å². The van der Waals surface area contributed by atoms with Crippen molar-refractivity contribution in [3.8, 4) is 11.5 Å². The van der Waals surface area contributed by atoms with Crippen LogP contribution in [-0.2, 0) is 4.79 Å². The summed E-state index contributed by atoms with van der Waals surface area (Å²) < 4.78 is 10.6. The molecule has 1 aliphatic rings. The molecule has 6 nitrogen and oxygen atoms in total. The fourth-order valence-electron chi connectivity index (χ4n) is 3.70. The highest BCUT2D eigenvalue weighted by molar-refractivity contribution is 5.98. The maximum absolute atomic E-state index is 12.8. The number of hydrogen-bond acceptors (Lipinski definition) is 5. The maximum Gasteiger partial charge on any atom is 0.241 e. The lowest BCUT2D eigenvalue weighted by Crippen LogP contribution is -2.47. The lowest BCUT2D eigenvalue weighted by Gasteiger charge is -2.34. The van der Waals surface area contributed by atoms with Crippen molar-refractivity contribution < 1.29 is 19.1 Å². The number of Topliss-reactive ketones (excluding diaryl/α,β-unsaturated/α-hetero) is 1. The van der Waals surface area contributed by atoms with Crippen molar-refractivity contribution in [1.82, 2.24) is 4.90 Å². The average molecular weight is 396 g/mol. The number of hydrogen-bond donors (Lipinski definition) is 1. The second-order valence-corrected chi connectivity index (χ2v) is 7.27. The fraction of sp³-hybridized carbons (Fsp3) is 0.391. The first-order chi connectivity index (χ1) is 14.0. The standard InChI is InChI=1S/C23H28N2O4/c1-16(23(27)24-20-15-19(28-2)9-10-21(20)29-3)25-13-11-18(12-14-25)22(26)17-7-5-4-6-8-17/h4-10,15-16,18H,11-14H2,1-3H3,(H,24,27). The molecular formula is C23H28N2O4. The van der Waals surface area contributed by atoms with E-state index in [1.807, 2.05) is 37.3 Å². The van der Waals surface area contributed by atoms with Crippen LogP contribution in [0.25, 0.3) is 0 Å². The lowest BCUT2D eigenvalue weighted by atomic mass is 9.88. The first kappa shape index (κ1) is 20.9. The molecule has 0 bridgehead atoms. The van der Waals surface area contributed by atoms with Crippen molar-refractivity contribution in [2.75, 3.05) is 32.6 Å². The molecule has 1 N–H and O–H groups in total. The van der Waals surface area contributed by atoms with E-state index in [2.05, 4.69) is 10.2 Å². The number of ketones is 1. The van der Waals surface area contributed by atoms with Crippen LogP contribution in [0.1, 0.15) is 30.1 Å². The summed E-state index contributed by atoms with van der Waals surface area (Å²) in [4.78, 5) is 27.6. The normalized spacial score (nSPS) is 16.1. The number of nitrogens with one attached hydrogen (secondary N) is 1. The quantitative estimate of drug-likeness (QED) is 0.724. The van der Waals surface area contributed by atoms with Gasteiger partial charge in [-0.15, -0.1) is 0 Å². The van der Waals surface area contributed by atoms with Gasteiger partial charge in [-0.05, 0) is 45.0 Å². The van der Waals surface area contributed by atoms with Crippen LogP contribution >= 0.6 is 0 Å². The molecule has 0 aliphatic carbocycles. The monoisotopic (exact) mass is 396 g/mol. The summed E-state index contributed by atoms with van der Waals surface area (Å²) in [5.74, 6) is 1.34. The molecule has 29 heavy (non-hydrogen) atoms. The highest BCUT2D eigenvalue weighted by Crippen LogP contribution is 2.29. The number of carbonyl (C=O) groups is 2. The zero-order valence-corrected chi connectivity index (χ0v) is 17.2. The number of methoxy groups -OCH3 is 2. The smallest absolute Gasteiger partial charge is 0.241 e. The largest absolute Gasteiger partial charge is 0.497 e. The minimum Gasteiger partial charge on any atom is -0.497 e. The summed E-state index contributed by atoms with van der Waals surface area (Å²) in [6.07, 6.45) is 1.52. The molecule has 1 heterocycles. The molecule has 154 valence electrons. The number of amides is 1. The van der Waals surface area contributed by atoms with Gasteiger partial charge in [0.15, 0.2) is 5.78 Å². The minimum absolute atomic E-state index is 0.0161. The zero-order chi connectivity index (χ0) is 20.8. The average Bonchev–Trinajstić information content (AvgIpc) is 2.78. The van der Waals surface area contributed by atoms with Crippen LogP contribution in [0, 0.1) is 5.92 Å². The molecule has 0 radical (unpaired) electrons. The van der Waals surface area contributed by atoms with Crippen molar-refractivity contribution in [3.63, 3.8) is 0 Å². The molecule has 1 saturated heterocycles. The zero-order valence-electron chi connectivity index (χ0n) is 17.2. The molecule has 0 spiro atoms. The van der Waals surface area contributed by atoms with Gasteiger partial charge in [0.25, 0.3) is 0 Å². The van der Waals surface area contributed by atoms with Gasteiger partial charge in [0.2, 0.25) is 5.91 Å². The topological polar surface area (TPSA) is 67.9 Å². The summed E-state index contributed by atoms with van der Waals surface area (Å²) in [5.41, 5.74) is 1.35. The third kappa shape index (κ3) is 4.95. The van der Waals surface area contributed by atoms with E-state index < -0.39 is 0 Å². The summed E-state index contributed by atoms with van der Waals surface area (Å²) in [7, 11) is 3.15. The van der Waals surface area contributed by atoms with E-state index in [1.54, 1.807) is 32.4 Å². The lowest BCUT2D eigenvalue weighted by molar-refractivity contribution is -0.121. The molecule has 1 atom stereocenters. The Balaban J connectivity index is 1.58. The molecule has 1 aliphatic heterocycles. The Labute approximate surface area is 171 Å². The Bertz CT molecular complexity index is 845. The second kappa shape index (κ2) is 9.56. The SMILES string of the molecule is COc1ccc(OC)c(NC(=O)C(C)N2CCC(C(=O)c3ccccc3)CC2)c1. The molecule has 6 heteroatoms. The van der Waals surface area contributed by atoms with Crippen molar-refractivity contribution >= 4 is 17.4 Å². The molecule has 1 fully saturated rings. The van der Waals surface area contributed by atoms with Gasteiger partial charge in [0.05, 0.1) is 25.9 Å². The molecular weight excluding hydrogens is 368 g/mol. The fourth-order valence-corrected chi connectivity index (χ4v) is 3.70. The molecule has 2 aromatic rings. The Morgan fingerprint density at radius 3 is 2.34 bits per heavy atom. The second-order valence-electron chi connectivity index (χ2n) is 7.27. The van der Waals surface area contributed by atoms with E-state index in [0.29, 0.717) is 30.3 Å². The van der Waals surface area contributed by atoms with Gasteiger partial charge < -0.3 is 14.8 Å². The first-order valence-corrected chi connectivity index (χ1v) is 9.89. The molecule has 1 unspecified atom stereocenters. The van der Waals surface area contributed by atoms with E-state index in [9.17, 15) is 9.59 Å². The predicted molar refractivity (Wildman–Crippen MR) is 113 cm³/mol. The van der Waals surface area contributed by atoms with Crippen LogP contribution in [0.2, 0.25) is 0 Å². The number of likely N-dealkylation sites (tertiary alicyclic amines) is 1. The third-order valence-electron chi connectivity index (χ3n) is 5.55. The number of piperidine rings is 1. The summed E-state index contributed by atoms with van der Waals surface area (Å²) >= 11 is 0. The van der Waals surface area contributed by atoms with E-state index in [-0.39, 0.29) is 23.7 Å². The number of anilines is 1. The van der Waals surface area contributed by atoms with Crippen LogP contribution in [0.5, 0.6) is 11.5 Å². The van der Waals surface area contributed by atoms with Gasteiger partial charge in [-0.1, -0.05) is 30.3 Å². The predicted octanol–water partition coefficient (Wildman–Crippen LogP) is 3.63. The summed E-state index contributed by atoms with van der Waals surface area (Å²) in [6, 6.07) is 14.4. The van der Waals surface area contributed by atoms with Crippen LogP contribution < -0.4 is 14.8 Å².